The van der Waals surface area contributed by atoms with Crippen molar-refractivity contribution in [3.05, 3.63) is 65.7 Å². The number of methoxy groups -OCH3 is 1. The molecule has 4 rings (SSSR count). The lowest BCUT2D eigenvalue weighted by molar-refractivity contribution is 0.0740. The Hall–Kier alpha value is -3.56. The summed E-state index contributed by atoms with van der Waals surface area (Å²) >= 11 is 0. The molecule has 10 heteroatoms. The zero-order valence-electron chi connectivity index (χ0n) is 16.1. The molecule has 30 heavy (non-hydrogen) atoms. The van der Waals surface area contributed by atoms with Gasteiger partial charge in [-0.15, -0.1) is 10.2 Å². The van der Waals surface area contributed by atoms with Crippen LogP contribution in [0.25, 0.3) is 5.82 Å². The third-order valence-corrected chi connectivity index (χ3v) is 4.95. The summed E-state index contributed by atoms with van der Waals surface area (Å²) in [6, 6.07) is 8.00. The first-order valence-electron chi connectivity index (χ1n) is 9.22. The molecule has 1 aromatic carbocycles. The van der Waals surface area contributed by atoms with Crippen LogP contribution in [0.2, 0.25) is 0 Å². The molecule has 0 aliphatic carbocycles. The van der Waals surface area contributed by atoms with Crippen molar-refractivity contribution in [1.29, 1.82) is 0 Å². The largest absolute Gasteiger partial charge is 0.491 e. The van der Waals surface area contributed by atoms with Crippen LogP contribution in [-0.4, -0.2) is 58.9 Å². The van der Waals surface area contributed by atoms with Crippen molar-refractivity contribution in [2.24, 2.45) is 0 Å². The first-order chi connectivity index (χ1) is 14.5. The standard InChI is InChI=1S/C20H18F3N5O2/c1-30-19-17(22)13(12-14(21)18(19)23)20(29)28-10-8-27(9-11-28)16-5-4-15(24-25-16)26-6-2-3-7-26/h2-7,12H,8-11H2,1H3. The molecule has 0 atom stereocenters. The van der Waals surface area contributed by atoms with Gasteiger partial charge in [-0.1, -0.05) is 0 Å². The van der Waals surface area contributed by atoms with Crippen molar-refractivity contribution in [1.82, 2.24) is 19.7 Å². The molecule has 3 aromatic rings. The Bertz CT molecular complexity index is 1050. The average Bonchev–Trinajstić information content (AvgIpc) is 3.31. The number of nitrogens with zero attached hydrogens (tertiary/aromatic N) is 5. The van der Waals surface area contributed by atoms with Crippen LogP contribution in [-0.2, 0) is 0 Å². The molecule has 1 aliphatic rings. The van der Waals surface area contributed by atoms with Crippen LogP contribution >= 0.6 is 0 Å². The molecule has 1 fully saturated rings. The molecule has 1 amide bonds. The minimum atomic E-state index is -1.46. The van der Waals surface area contributed by atoms with Gasteiger partial charge in [0.2, 0.25) is 5.82 Å². The highest BCUT2D eigenvalue weighted by atomic mass is 19.2. The Morgan fingerprint density at radius 2 is 1.60 bits per heavy atom. The van der Waals surface area contributed by atoms with Crippen LogP contribution in [0, 0.1) is 17.5 Å². The van der Waals surface area contributed by atoms with Crippen LogP contribution in [0.3, 0.4) is 0 Å². The van der Waals surface area contributed by atoms with Gasteiger partial charge < -0.3 is 19.1 Å². The maximum atomic E-state index is 14.4. The van der Waals surface area contributed by atoms with E-state index in [9.17, 15) is 18.0 Å². The highest BCUT2D eigenvalue weighted by molar-refractivity contribution is 5.95. The van der Waals surface area contributed by atoms with E-state index in [0.717, 1.165) is 7.11 Å². The number of piperazine rings is 1. The fourth-order valence-corrected chi connectivity index (χ4v) is 3.34. The van der Waals surface area contributed by atoms with Gasteiger partial charge in [0.05, 0.1) is 12.7 Å². The Kier molecular flexibility index (Phi) is 5.30. The van der Waals surface area contributed by atoms with Gasteiger partial charge in [0.1, 0.15) is 0 Å². The third-order valence-electron chi connectivity index (χ3n) is 4.95. The molecule has 0 spiro atoms. The number of aromatic nitrogens is 3. The third kappa shape index (κ3) is 3.56. The van der Waals surface area contributed by atoms with Crippen LogP contribution < -0.4 is 9.64 Å². The summed E-state index contributed by atoms with van der Waals surface area (Å²) in [5.74, 6) is -4.31. The molecule has 0 saturated carbocycles. The normalized spacial score (nSPS) is 14.1. The van der Waals surface area contributed by atoms with Crippen LogP contribution in [0.15, 0.2) is 42.7 Å². The fourth-order valence-electron chi connectivity index (χ4n) is 3.34. The van der Waals surface area contributed by atoms with Crippen molar-refractivity contribution in [3.8, 4) is 11.6 Å². The van der Waals surface area contributed by atoms with Gasteiger partial charge in [0.15, 0.2) is 29.0 Å². The number of carbonyl (C=O) groups is 1. The maximum Gasteiger partial charge on any atom is 0.257 e. The number of hydrogen-bond acceptors (Lipinski definition) is 5. The first kappa shape index (κ1) is 19.7. The van der Waals surface area contributed by atoms with E-state index in [1.165, 1.54) is 4.90 Å². The topological polar surface area (TPSA) is 63.5 Å². The summed E-state index contributed by atoms with van der Waals surface area (Å²) in [5.41, 5.74) is -0.560. The number of halogens is 3. The summed E-state index contributed by atoms with van der Waals surface area (Å²) in [7, 11) is 1.01. The van der Waals surface area contributed by atoms with E-state index in [-0.39, 0.29) is 13.1 Å². The molecule has 7 nitrogen and oxygen atoms in total. The smallest absolute Gasteiger partial charge is 0.257 e. The molecular weight excluding hydrogens is 399 g/mol. The minimum absolute atomic E-state index is 0.265. The van der Waals surface area contributed by atoms with Gasteiger partial charge in [-0.05, 0) is 30.3 Å². The van der Waals surface area contributed by atoms with E-state index >= 15 is 0 Å². The maximum absolute atomic E-state index is 14.4. The number of benzene rings is 1. The second-order valence-electron chi connectivity index (χ2n) is 6.69. The molecule has 3 heterocycles. The summed E-state index contributed by atoms with van der Waals surface area (Å²) in [6.07, 6.45) is 3.72. The summed E-state index contributed by atoms with van der Waals surface area (Å²) < 4.78 is 48.2. The van der Waals surface area contributed by atoms with Crippen LogP contribution in [0.5, 0.6) is 5.75 Å². The Labute approximate surface area is 170 Å². The zero-order chi connectivity index (χ0) is 21.3. The van der Waals surface area contributed by atoms with Gasteiger partial charge >= 0.3 is 0 Å². The molecule has 156 valence electrons. The monoisotopic (exact) mass is 417 g/mol. The van der Waals surface area contributed by atoms with Gasteiger partial charge in [-0.3, -0.25) is 4.79 Å². The second kappa shape index (κ2) is 8.05. The molecule has 0 unspecified atom stereocenters. The summed E-state index contributed by atoms with van der Waals surface area (Å²) in [6.45, 7) is 1.40. The SMILES string of the molecule is COc1c(F)c(F)cc(C(=O)N2CCN(c3ccc(-n4cccc4)nn3)CC2)c1F. The van der Waals surface area contributed by atoms with Gasteiger partial charge in [-0.25, -0.2) is 8.78 Å². The van der Waals surface area contributed by atoms with Crippen molar-refractivity contribution in [2.75, 3.05) is 38.2 Å². The lowest BCUT2D eigenvalue weighted by atomic mass is 10.1. The Morgan fingerprint density at radius 1 is 0.967 bits per heavy atom. The number of rotatable bonds is 4. The lowest BCUT2D eigenvalue weighted by Gasteiger charge is -2.35. The highest BCUT2D eigenvalue weighted by Crippen LogP contribution is 2.28. The second-order valence-corrected chi connectivity index (χ2v) is 6.69. The number of ether oxygens (including phenoxy) is 1. The molecule has 0 N–H and O–H groups in total. The molecule has 1 saturated heterocycles. The van der Waals surface area contributed by atoms with E-state index in [4.69, 9.17) is 0 Å². The predicted octanol–water partition coefficient (Wildman–Crippen LogP) is 2.66. The van der Waals surface area contributed by atoms with Crippen molar-refractivity contribution in [2.45, 2.75) is 0 Å². The number of hydrogen-bond donors (Lipinski definition) is 0. The van der Waals surface area contributed by atoms with Crippen molar-refractivity contribution < 1.29 is 22.7 Å². The summed E-state index contributed by atoms with van der Waals surface area (Å²) in [4.78, 5) is 16.0. The molecule has 1 aliphatic heterocycles. The van der Waals surface area contributed by atoms with Gasteiger partial charge in [0, 0.05) is 38.6 Å². The van der Waals surface area contributed by atoms with Crippen LogP contribution in [0.1, 0.15) is 10.4 Å². The fraction of sp³-hybridized carbons (Fsp3) is 0.250. The quantitative estimate of drug-likeness (QED) is 0.611. The Morgan fingerprint density at radius 3 is 2.20 bits per heavy atom. The number of carbonyl (C=O) groups excluding carboxylic acids is 1. The van der Waals surface area contributed by atoms with E-state index < -0.39 is 34.7 Å². The minimum Gasteiger partial charge on any atom is -0.491 e. The highest BCUT2D eigenvalue weighted by Gasteiger charge is 2.29. The molecule has 2 aromatic heterocycles. The Balaban J connectivity index is 1.45. The van der Waals surface area contributed by atoms with Crippen molar-refractivity contribution in [3.63, 3.8) is 0 Å². The van der Waals surface area contributed by atoms with E-state index in [2.05, 4.69) is 14.9 Å². The predicted molar refractivity (Wildman–Crippen MR) is 102 cm³/mol. The van der Waals surface area contributed by atoms with Gasteiger partial charge in [-0.2, -0.15) is 4.39 Å². The summed E-state index contributed by atoms with van der Waals surface area (Å²) in [5, 5.41) is 8.43. The molecule has 0 radical (unpaired) electrons. The lowest BCUT2D eigenvalue weighted by Crippen LogP contribution is -2.49. The number of amides is 1. The zero-order valence-corrected chi connectivity index (χ0v) is 16.1. The average molecular weight is 417 g/mol. The number of anilines is 1. The van der Waals surface area contributed by atoms with Gasteiger partial charge in [0.25, 0.3) is 5.91 Å². The molecule has 0 bridgehead atoms. The van der Waals surface area contributed by atoms with E-state index in [1.54, 1.807) is 0 Å². The van der Waals surface area contributed by atoms with Crippen molar-refractivity contribution >= 4 is 11.7 Å². The van der Waals surface area contributed by atoms with E-state index in [1.807, 2.05) is 46.1 Å². The first-order valence-corrected chi connectivity index (χ1v) is 9.22. The van der Waals surface area contributed by atoms with E-state index in [0.29, 0.717) is 30.8 Å². The van der Waals surface area contributed by atoms with Crippen LogP contribution in [0.4, 0.5) is 19.0 Å². The molecular formula is C20H18F3N5O2.